The first-order valence-electron chi connectivity index (χ1n) is 16.5. The molecule has 0 saturated carbocycles. The van der Waals surface area contributed by atoms with E-state index in [0.29, 0.717) is 5.78 Å². The maximum atomic E-state index is 12.1. The fraction of sp³-hybridized carbons (Fsp3) is 0.912. The first-order chi connectivity index (χ1) is 17.3. The monoisotopic (exact) mass is 491 g/mol. The summed E-state index contributed by atoms with van der Waals surface area (Å²) < 4.78 is 0. The lowest BCUT2D eigenvalue weighted by Crippen LogP contribution is -1.97. The van der Waals surface area contributed by atoms with E-state index in [0.717, 1.165) is 25.7 Å². The van der Waals surface area contributed by atoms with Crippen LogP contribution in [-0.4, -0.2) is 5.78 Å². The molecule has 0 bridgehead atoms. The Labute approximate surface area is 222 Å². The summed E-state index contributed by atoms with van der Waals surface area (Å²) in [5.74, 6) is 0.517. The lowest BCUT2D eigenvalue weighted by atomic mass is 10.0. The van der Waals surface area contributed by atoms with Crippen LogP contribution in [0.25, 0.3) is 0 Å². The summed E-state index contributed by atoms with van der Waals surface area (Å²) in [6.07, 6.45) is 43.0. The van der Waals surface area contributed by atoms with E-state index in [1.165, 1.54) is 161 Å². The van der Waals surface area contributed by atoms with E-state index in [1.54, 1.807) is 0 Å². The van der Waals surface area contributed by atoms with Crippen molar-refractivity contribution >= 4 is 5.78 Å². The second-order valence-electron chi connectivity index (χ2n) is 11.2. The zero-order chi connectivity index (χ0) is 25.5. The molecular formula is C34H66O. The highest BCUT2D eigenvalue weighted by atomic mass is 16.1. The summed E-state index contributed by atoms with van der Waals surface area (Å²) in [4.78, 5) is 12.1. The van der Waals surface area contributed by atoms with Crippen molar-refractivity contribution in [3.63, 3.8) is 0 Å². The van der Waals surface area contributed by atoms with E-state index >= 15 is 0 Å². The summed E-state index contributed by atoms with van der Waals surface area (Å²) in [7, 11) is 0. The van der Waals surface area contributed by atoms with Gasteiger partial charge in [-0.3, -0.25) is 4.79 Å². The summed E-state index contributed by atoms with van der Waals surface area (Å²) in [5, 5.41) is 0. The van der Waals surface area contributed by atoms with Crippen LogP contribution in [-0.2, 0) is 4.79 Å². The van der Waals surface area contributed by atoms with Gasteiger partial charge in [0.15, 0.2) is 0 Å². The van der Waals surface area contributed by atoms with Crippen molar-refractivity contribution in [1.82, 2.24) is 0 Å². The minimum atomic E-state index is 0.517. The molecule has 0 aliphatic heterocycles. The van der Waals surface area contributed by atoms with Crippen molar-refractivity contribution in [1.29, 1.82) is 0 Å². The standard InChI is InChI=1S/C34H66O/c1-3-5-7-9-11-13-15-17-18-19-21-23-25-27-29-31-33-34(35)32-30-28-26-24-22-20-16-14-12-10-8-6-4-2/h17-18H,3-16,19-33H2,1-2H3/b18-17-. The minimum Gasteiger partial charge on any atom is -0.300 e. The Morgan fingerprint density at radius 3 is 0.943 bits per heavy atom. The van der Waals surface area contributed by atoms with Crippen molar-refractivity contribution < 1.29 is 4.79 Å². The molecule has 0 amide bonds. The highest BCUT2D eigenvalue weighted by Gasteiger charge is 2.02. The molecule has 0 rings (SSSR count). The first-order valence-corrected chi connectivity index (χ1v) is 16.5. The fourth-order valence-corrected chi connectivity index (χ4v) is 5.03. The lowest BCUT2D eigenvalue weighted by molar-refractivity contribution is -0.119. The Balaban J connectivity index is 3.19. The van der Waals surface area contributed by atoms with E-state index in [1.807, 2.05) is 0 Å². The molecule has 1 heteroatoms. The highest BCUT2D eigenvalue weighted by molar-refractivity contribution is 5.78. The van der Waals surface area contributed by atoms with Gasteiger partial charge in [0, 0.05) is 12.8 Å². The maximum absolute atomic E-state index is 12.1. The Bertz CT molecular complexity index is 424. The normalized spacial score (nSPS) is 11.6. The van der Waals surface area contributed by atoms with Gasteiger partial charge in [-0.2, -0.15) is 0 Å². The summed E-state index contributed by atoms with van der Waals surface area (Å²) in [6, 6.07) is 0. The van der Waals surface area contributed by atoms with Gasteiger partial charge in [-0.05, 0) is 38.5 Å². The predicted octanol–water partition coefficient (Wildman–Crippen LogP) is 12.5. The van der Waals surface area contributed by atoms with E-state index in [-0.39, 0.29) is 0 Å². The molecule has 35 heavy (non-hydrogen) atoms. The Hall–Kier alpha value is -0.590. The van der Waals surface area contributed by atoms with Crippen LogP contribution in [0.15, 0.2) is 12.2 Å². The molecule has 0 spiro atoms. The van der Waals surface area contributed by atoms with Crippen molar-refractivity contribution in [2.45, 2.75) is 200 Å². The molecule has 0 heterocycles. The van der Waals surface area contributed by atoms with Gasteiger partial charge in [-0.1, -0.05) is 161 Å². The smallest absolute Gasteiger partial charge is 0.132 e. The topological polar surface area (TPSA) is 17.1 Å². The second kappa shape index (κ2) is 31.4. The van der Waals surface area contributed by atoms with Crippen molar-refractivity contribution in [3.8, 4) is 0 Å². The van der Waals surface area contributed by atoms with Crippen LogP contribution in [0, 0.1) is 0 Å². The molecule has 208 valence electrons. The number of rotatable bonds is 30. The van der Waals surface area contributed by atoms with Crippen LogP contribution in [0.3, 0.4) is 0 Å². The van der Waals surface area contributed by atoms with E-state index in [2.05, 4.69) is 26.0 Å². The van der Waals surface area contributed by atoms with Gasteiger partial charge < -0.3 is 0 Å². The number of Topliss-reactive ketones (excluding diaryl/α,β-unsaturated/α-hetero) is 1. The largest absolute Gasteiger partial charge is 0.300 e. The number of ketones is 1. The number of hydrogen-bond acceptors (Lipinski definition) is 1. The molecule has 0 aliphatic carbocycles. The third-order valence-corrected chi connectivity index (χ3v) is 7.53. The molecule has 0 radical (unpaired) electrons. The summed E-state index contributed by atoms with van der Waals surface area (Å²) in [5.41, 5.74) is 0. The zero-order valence-corrected chi connectivity index (χ0v) is 24.6. The van der Waals surface area contributed by atoms with Gasteiger partial charge in [0.05, 0.1) is 0 Å². The van der Waals surface area contributed by atoms with Gasteiger partial charge in [-0.15, -0.1) is 0 Å². The van der Waals surface area contributed by atoms with E-state index in [4.69, 9.17) is 0 Å². The molecule has 0 unspecified atom stereocenters. The summed E-state index contributed by atoms with van der Waals surface area (Å²) >= 11 is 0. The Morgan fingerprint density at radius 1 is 0.371 bits per heavy atom. The molecule has 0 aromatic carbocycles. The average Bonchev–Trinajstić information content (AvgIpc) is 2.86. The van der Waals surface area contributed by atoms with Gasteiger partial charge >= 0.3 is 0 Å². The Morgan fingerprint density at radius 2 is 0.629 bits per heavy atom. The number of hydrogen-bond donors (Lipinski definition) is 0. The number of carbonyl (C=O) groups is 1. The number of unbranched alkanes of at least 4 members (excludes halogenated alkanes) is 24. The third kappa shape index (κ3) is 31.4. The van der Waals surface area contributed by atoms with Crippen LogP contribution in [0.5, 0.6) is 0 Å². The quantitative estimate of drug-likeness (QED) is 0.0722. The van der Waals surface area contributed by atoms with Crippen LogP contribution in [0.1, 0.15) is 200 Å². The maximum Gasteiger partial charge on any atom is 0.132 e. The molecule has 0 N–H and O–H groups in total. The van der Waals surface area contributed by atoms with Gasteiger partial charge in [0.1, 0.15) is 5.78 Å². The van der Waals surface area contributed by atoms with Crippen LogP contribution in [0.2, 0.25) is 0 Å². The summed E-state index contributed by atoms with van der Waals surface area (Å²) in [6.45, 7) is 4.57. The molecular weight excluding hydrogens is 424 g/mol. The van der Waals surface area contributed by atoms with Gasteiger partial charge in [0.25, 0.3) is 0 Å². The molecule has 0 aromatic rings. The lowest BCUT2D eigenvalue weighted by Gasteiger charge is -2.04. The first kappa shape index (κ1) is 34.4. The van der Waals surface area contributed by atoms with Gasteiger partial charge in [-0.25, -0.2) is 0 Å². The third-order valence-electron chi connectivity index (χ3n) is 7.53. The van der Waals surface area contributed by atoms with Crippen molar-refractivity contribution in [2.24, 2.45) is 0 Å². The number of allylic oxidation sites excluding steroid dienone is 2. The van der Waals surface area contributed by atoms with Crippen LogP contribution >= 0.6 is 0 Å². The predicted molar refractivity (Wildman–Crippen MR) is 159 cm³/mol. The van der Waals surface area contributed by atoms with Crippen LogP contribution in [0.4, 0.5) is 0 Å². The van der Waals surface area contributed by atoms with Crippen molar-refractivity contribution in [3.05, 3.63) is 12.2 Å². The van der Waals surface area contributed by atoms with Gasteiger partial charge in [0.2, 0.25) is 0 Å². The van der Waals surface area contributed by atoms with Crippen molar-refractivity contribution in [2.75, 3.05) is 0 Å². The zero-order valence-electron chi connectivity index (χ0n) is 24.6. The average molecular weight is 491 g/mol. The molecule has 0 fully saturated rings. The SMILES string of the molecule is CCCCCCCC/C=C\CCCCCCCCC(=O)CCCCCCCCCCCCCCC. The molecule has 1 nitrogen and oxygen atoms in total. The molecule has 0 saturated heterocycles. The molecule has 0 aliphatic rings. The minimum absolute atomic E-state index is 0.517. The van der Waals surface area contributed by atoms with E-state index in [9.17, 15) is 4.79 Å². The van der Waals surface area contributed by atoms with Crippen LogP contribution < -0.4 is 0 Å². The molecule has 0 atom stereocenters. The number of carbonyl (C=O) groups excluding carboxylic acids is 1. The second-order valence-corrected chi connectivity index (χ2v) is 11.2. The Kier molecular flexibility index (Phi) is 30.9. The molecule has 0 aromatic heterocycles. The van der Waals surface area contributed by atoms with E-state index < -0.39 is 0 Å². The fourth-order valence-electron chi connectivity index (χ4n) is 5.03. The highest BCUT2D eigenvalue weighted by Crippen LogP contribution is 2.14.